The van der Waals surface area contributed by atoms with Gasteiger partial charge in [0, 0.05) is 30.7 Å². The summed E-state index contributed by atoms with van der Waals surface area (Å²) in [4.78, 5) is 35.2. The van der Waals surface area contributed by atoms with Gasteiger partial charge in [-0.3, -0.25) is 14.5 Å². The minimum absolute atomic E-state index is 0.186. The van der Waals surface area contributed by atoms with Gasteiger partial charge in [-0.2, -0.15) is 13.2 Å². The van der Waals surface area contributed by atoms with E-state index in [9.17, 15) is 32.7 Å². The molecule has 1 aromatic rings. The van der Waals surface area contributed by atoms with Gasteiger partial charge in [-0.1, -0.05) is 83.1 Å². The fourth-order valence-corrected chi connectivity index (χ4v) is 8.48. The highest BCUT2D eigenvalue weighted by molar-refractivity contribution is 5.78. The van der Waals surface area contributed by atoms with Gasteiger partial charge < -0.3 is 30.3 Å². The van der Waals surface area contributed by atoms with Crippen LogP contribution >= 0.6 is 0 Å². The lowest BCUT2D eigenvalue weighted by molar-refractivity contribution is -0.148. The van der Waals surface area contributed by atoms with Crippen molar-refractivity contribution >= 4 is 18.0 Å². The predicted molar refractivity (Wildman–Crippen MR) is 217 cm³/mol. The summed E-state index contributed by atoms with van der Waals surface area (Å²) in [5.41, 5.74) is -0.565. The number of hydrogen-bond donors (Lipinski definition) is 4. The van der Waals surface area contributed by atoms with Crippen LogP contribution in [-0.2, 0) is 27.3 Å². The molecule has 0 aliphatic heterocycles. The fourth-order valence-electron chi connectivity index (χ4n) is 8.48. The summed E-state index contributed by atoms with van der Waals surface area (Å²) >= 11 is 0. The minimum atomic E-state index is -4.71. The molecule has 0 bridgehead atoms. The first-order valence-electron chi connectivity index (χ1n) is 21.7. The molecule has 4 N–H and O–H groups in total. The second kappa shape index (κ2) is 24.8. The zero-order valence-corrected chi connectivity index (χ0v) is 35.1. The van der Waals surface area contributed by atoms with Gasteiger partial charge in [0.1, 0.15) is 17.9 Å². The molecule has 0 radical (unpaired) electrons. The number of alkyl halides is 3. The zero-order chi connectivity index (χ0) is 41.8. The van der Waals surface area contributed by atoms with Gasteiger partial charge in [0.05, 0.1) is 19.4 Å². The third kappa shape index (κ3) is 20.5. The maximum absolute atomic E-state index is 13.1. The van der Waals surface area contributed by atoms with Crippen LogP contribution in [0.2, 0.25) is 0 Å². The van der Waals surface area contributed by atoms with Crippen molar-refractivity contribution in [2.75, 3.05) is 13.7 Å². The Bertz CT molecular complexity index is 1270. The lowest BCUT2D eigenvalue weighted by Crippen LogP contribution is -2.41. The van der Waals surface area contributed by atoms with Gasteiger partial charge in [0.15, 0.2) is 0 Å². The number of rotatable bonds is 13. The van der Waals surface area contributed by atoms with E-state index in [2.05, 4.69) is 10.6 Å². The number of carboxylic acids is 2. The molecule has 4 saturated carbocycles. The summed E-state index contributed by atoms with van der Waals surface area (Å²) in [6.07, 6.45) is 22.3. The Hall–Kier alpha value is -3.06. The molecule has 0 heterocycles. The van der Waals surface area contributed by atoms with E-state index in [1.165, 1.54) is 174 Å². The second-order valence-corrected chi connectivity index (χ2v) is 17.6. The highest BCUT2D eigenvalue weighted by Gasteiger charge is 2.36. The lowest BCUT2D eigenvalue weighted by atomic mass is 9.91. The SMILES string of the molecule is C1CCC(NC2CCCCC2)CC1.C1CCC(NC2CCCCC2)CC1.COc1ccc(C[C@@H](CC(=O)O)C(=O)O)c(CN(CC(F)(F)F)C(=O)OC(C)(C)C)c1. The van der Waals surface area contributed by atoms with Crippen LogP contribution in [0, 0.1) is 5.92 Å². The number of carboxylic acid groups (broad SMARTS) is 2. The number of methoxy groups -OCH3 is 1. The molecule has 57 heavy (non-hydrogen) atoms. The van der Waals surface area contributed by atoms with Gasteiger partial charge in [-0.25, -0.2) is 4.79 Å². The summed E-state index contributed by atoms with van der Waals surface area (Å²) in [5.74, 6) is -3.71. The number of nitrogens with one attached hydrogen (secondary N) is 2. The number of carbonyl (C=O) groups excluding carboxylic acids is 1. The van der Waals surface area contributed by atoms with E-state index in [-0.39, 0.29) is 23.3 Å². The van der Waals surface area contributed by atoms with E-state index in [4.69, 9.17) is 14.6 Å². The minimum Gasteiger partial charge on any atom is -0.497 e. The molecule has 5 rings (SSSR count). The highest BCUT2D eigenvalue weighted by atomic mass is 19.4. The van der Waals surface area contributed by atoms with Crippen LogP contribution in [0.3, 0.4) is 0 Å². The smallest absolute Gasteiger partial charge is 0.410 e. The first-order valence-corrected chi connectivity index (χ1v) is 21.7. The Morgan fingerprint density at radius 3 is 1.47 bits per heavy atom. The number of aliphatic carboxylic acids is 2. The molecule has 4 fully saturated rings. The Morgan fingerprint density at radius 2 is 1.14 bits per heavy atom. The Labute approximate surface area is 339 Å². The fraction of sp³-hybridized carbons (Fsp3) is 0.795. The van der Waals surface area contributed by atoms with Crippen LogP contribution < -0.4 is 15.4 Å². The number of benzene rings is 1. The topological polar surface area (TPSA) is 137 Å². The molecule has 10 nitrogen and oxygen atoms in total. The normalized spacial score (nSPS) is 19.6. The van der Waals surface area contributed by atoms with Gasteiger partial charge >= 0.3 is 24.2 Å². The largest absolute Gasteiger partial charge is 0.497 e. The van der Waals surface area contributed by atoms with Crippen LogP contribution in [0.5, 0.6) is 5.75 Å². The van der Waals surface area contributed by atoms with Crippen molar-refractivity contribution in [3.63, 3.8) is 0 Å². The van der Waals surface area contributed by atoms with E-state index >= 15 is 0 Å². The summed E-state index contributed by atoms with van der Waals surface area (Å²) in [6.45, 7) is 2.40. The summed E-state index contributed by atoms with van der Waals surface area (Å²) in [6, 6.07) is 7.78. The molecule has 1 atom stereocenters. The average Bonchev–Trinajstić information content (AvgIpc) is 3.15. The number of nitrogens with zero attached hydrogens (tertiary/aromatic N) is 1. The van der Waals surface area contributed by atoms with Crippen molar-refractivity contribution < 1.29 is 47.2 Å². The first kappa shape index (κ1) is 48.3. The molecular weight excluding hydrogens is 739 g/mol. The monoisotopic (exact) mass is 812 g/mol. The lowest BCUT2D eigenvalue weighted by Gasteiger charge is -2.30. The van der Waals surface area contributed by atoms with Crippen LogP contribution in [0.4, 0.5) is 18.0 Å². The van der Waals surface area contributed by atoms with Crippen LogP contribution in [0.15, 0.2) is 18.2 Å². The van der Waals surface area contributed by atoms with Crippen LogP contribution in [0.25, 0.3) is 0 Å². The summed E-state index contributed by atoms with van der Waals surface area (Å²) in [7, 11) is 1.34. The average molecular weight is 812 g/mol. The summed E-state index contributed by atoms with van der Waals surface area (Å²) < 4.78 is 49.4. The highest BCUT2D eigenvalue weighted by Crippen LogP contribution is 2.28. The molecule has 1 amide bonds. The van der Waals surface area contributed by atoms with Crippen LogP contribution in [-0.4, -0.2) is 82.7 Å². The van der Waals surface area contributed by atoms with Crippen molar-refractivity contribution in [3.8, 4) is 5.75 Å². The Morgan fingerprint density at radius 1 is 0.719 bits per heavy atom. The van der Waals surface area contributed by atoms with Crippen molar-refractivity contribution in [2.24, 2.45) is 5.92 Å². The molecule has 4 aliphatic rings. The molecule has 0 unspecified atom stereocenters. The third-order valence-electron chi connectivity index (χ3n) is 11.4. The maximum Gasteiger partial charge on any atom is 0.410 e. The molecule has 0 saturated heterocycles. The zero-order valence-electron chi connectivity index (χ0n) is 35.1. The first-order chi connectivity index (χ1) is 27.0. The van der Waals surface area contributed by atoms with E-state index in [1.807, 2.05) is 0 Å². The van der Waals surface area contributed by atoms with Crippen molar-refractivity contribution in [2.45, 2.75) is 205 Å². The van der Waals surface area contributed by atoms with E-state index in [0.717, 1.165) is 24.2 Å². The number of halogens is 3. The molecule has 13 heteroatoms. The second-order valence-electron chi connectivity index (χ2n) is 17.6. The maximum atomic E-state index is 13.1. The standard InChI is InChI=1S/C20H26F3NO7.2C12H23N/c1-19(2,3)31-18(29)24(11-20(21,22)23)10-14-8-15(30-4)6-5-12(14)7-13(17(27)28)9-16(25)26;2*1-3-7-11(8-4-1)13-12-9-5-2-6-10-12/h5-6,8,13H,7,9-11H2,1-4H3,(H,25,26)(H,27,28);2*11-13H,1-10H2/t13-;;/m0../s1. The number of hydrogen-bond acceptors (Lipinski definition) is 7. The molecule has 4 aliphatic carbocycles. The van der Waals surface area contributed by atoms with Crippen LogP contribution in [0.1, 0.15) is 167 Å². The summed E-state index contributed by atoms with van der Waals surface area (Å²) in [5, 5.41) is 26.0. The molecular formula is C44H72F3N3O7. The predicted octanol–water partition coefficient (Wildman–Crippen LogP) is 10.2. The van der Waals surface area contributed by atoms with E-state index in [1.54, 1.807) is 0 Å². The molecule has 326 valence electrons. The number of ether oxygens (including phenoxy) is 2. The van der Waals surface area contributed by atoms with E-state index in [0.29, 0.717) is 4.90 Å². The quantitative estimate of drug-likeness (QED) is 0.153. The molecule has 0 spiro atoms. The van der Waals surface area contributed by atoms with Gasteiger partial charge in [-0.05, 0) is 102 Å². The Balaban J connectivity index is 0.000000270. The van der Waals surface area contributed by atoms with Gasteiger partial charge in [-0.15, -0.1) is 0 Å². The van der Waals surface area contributed by atoms with E-state index < -0.39 is 55.2 Å². The number of carbonyl (C=O) groups is 3. The van der Waals surface area contributed by atoms with Gasteiger partial charge in [0.25, 0.3) is 0 Å². The van der Waals surface area contributed by atoms with Crippen molar-refractivity contribution in [1.82, 2.24) is 15.5 Å². The number of amides is 1. The van der Waals surface area contributed by atoms with Gasteiger partial charge in [0.2, 0.25) is 0 Å². The Kier molecular flexibility index (Phi) is 21.0. The van der Waals surface area contributed by atoms with Crippen molar-refractivity contribution in [1.29, 1.82) is 0 Å². The molecule has 0 aromatic heterocycles. The molecule has 1 aromatic carbocycles. The van der Waals surface area contributed by atoms with Crippen molar-refractivity contribution in [3.05, 3.63) is 29.3 Å². The third-order valence-corrected chi connectivity index (χ3v) is 11.4.